The number of nitrogens with one attached hydrogen (secondary N) is 1. The molecule has 96 valence electrons. The third kappa shape index (κ3) is 5.51. The van der Waals surface area contributed by atoms with Gasteiger partial charge in [0, 0.05) is 12.4 Å². The van der Waals surface area contributed by atoms with E-state index in [9.17, 15) is 8.42 Å². The largest absolute Gasteiger partial charge is 0.215 e. The molecule has 1 unspecified atom stereocenters. The van der Waals surface area contributed by atoms with Gasteiger partial charge in [0.1, 0.15) is 0 Å². The molecule has 16 heavy (non-hydrogen) atoms. The third-order valence-corrected chi connectivity index (χ3v) is 5.14. The van der Waals surface area contributed by atoms with Crippen molar-refractivity contribution in [2.45, 2.75) is 39.0 Å². The molecule has 1 atom stereocenters. The van der Waals surface area contributed by atoms with Crippen LogP contribution in [0.5, 0.6) is 0 Å². The van der Waals surface area contributed by atoms with E-state index in [0.717, 1.165) is 12.8 Å². The van der Waals surface area contributed by atoms with Crippen molar-refractivity contribution in [2.75, 3.05) is 18.2 Å². The molecular formula is C11H22ClNO2S. The lowest BCUT2D eigenvalue weighted by molar-refractivity contribution is 0.383. The highest BCUT2D eigenvalue weighted by Crippen LogP contribution is 2.24. The van der Waals surface area contributed by atoms with Crippen LogP contribution in [0.25, 0.3) is 0 Å². The molecule has 1 aliphatic rings. The van der Waals surface area contributed by atoms with E-state index in [1.165, 1.54) is 19.3 Å². The Labute approximate surface area is 104 Å². The second-order valence-electron chi connectivity index (χ2n) is 4.89. The highest BCUT2D eigenvalue weighted by molar-refractivity contribution is 7.89. The van der Waals surface area contributed by atoms with Gasteiger partial charge < -0.3 is 0 Å². The van der Waals surface area contributed by atoms with E-state index in [0.29, 0.717) is 24.1 Å². The van der Waals surface area contributed by atoms with Crippen LogP contribution >= 0.6 is 11.6 Å². The predicted octanol–water partition coefficient (Wildman–Crippen LogP) is 2.36. The van der Waals surface area contributed by atoms with Crippen LogP contribution in [0, 0.1) is 11.8 Å². The molecule has 0 aliphatic heterocycles. The summed E-state index contributed by atoms with van der Waals surface area (Å²) in [5.74, 6) is 1.34. The molecule has 1 aliphatic carbocycles. The van der Waals surface area contributed by atoms with Crippen molar-refractivity contribution in [3.8, 4) is 0 Å². The van der Waals surface area contributed by atoms with Gasteiger partial charge in [0.25, 0.3) is 0 Å². The van der Waals surface area contributed by atoms with Gasteiger partial charge in [-0.15, -0.1) is 11.6 Å². The van der Waals surface area contributed by atoms with Gasteiger partial charge in [-0.2, -0.15) is 0 Å². The number of hydrogen-bond acceptors (Lipinski definition) is 2. The first-order valence-corrected chi connectivity index (χ1v) is 8.25. The normalized spacial score (nSPS) is 20.9. The molecule has 3 nitrogen and oxygen atoms in total. The van der Waals surface area contributed by atoms with Gasteiger partial charge in [-0.25, -0.2) is 13.1 Å². The number of halogens is 1. The maximum atomic E-state index is 11.8. The van der Waals surface area contributed by atoms with Crippen molar-refractivity contribution >= 4 is 21.6 Å². The first-order chi connectivity index (χ1) is 7.53. The Morgan fingerprint density at radius 1 is 1.31 bits per heavy atom. The summed E-state index contributed by atoms with van der Waals surface area (Å²) in [6, 6.07) is 0. The quantitative estimate of drug-likeness (QED) is 0.751. The molecule has 0 aromatic rings. The Morgan fingerprint density at radius 2 is 1.94 bits per heavy atom. The molecular weight excluding hydrogens is 246 g/mol. The summed E-state index contributed by atoms with van der Waals surface area (Å²) < 4.78 is 26.2. The standard InChI is InChI=1S/C11H22ClNO2S/c1-10(7-12)8-13-16(14,15)9-11-5-3-2-4-6-11/h10-11,13H,2-9H2,1H3. The molecule has 0 bridgehead atoms. The maximum absolute atomic E-state index is 11.8. The average Bonchev–Trinajstić information content (AvgIpc) is 2.27. The second-order valence-corrected chi connectivity index (χ2v) is 7.05. The number of alkyl halides is 1. The fourth-order valence-corrected chi connectivity index (χ4v) is 3.77. The highest BCUT2D eigenvalue weighted by Gasteiger charge is 2.21. The third-order valence-electron chi connectivity index (χ3n) is 3.09. The summed E-state index contributed by atoms with van der Waals surface area (Å²) in [7, 11) is -3.10. The van der Waals surface area contributed by atoms with E-state index in [-0.39, 0.29) is 5.92 Å². The van der Waals surface area contributed by atoms with Crippen LogP contribution in [0.4, 0.5) is 0 Å². The Hall–Kier alpha value is 0.200. The summed E-state index contributed by atoms with van der Waals surface area (Å²) in [6.07, 6.45) is 5.74. The Bertz CT molecular complexity index is 286. The molecule has 1 fully saturated rings. The molecule has 0 spiro atoms. The summed E-state index contributed by atoms with van der Waals surface area (Å²) >= 11 is 5.64. The Kier molecular flexibility index (Phi) is 6.08. The molecule has 0 amide bonds. The fraction of sp³-hybridized carbons (Fsp3) is 1.00. The van der Waals surface area contributed by atoms with Gasteiger partial charge in [0.2, 0.25) is 10.0 Å². The molecule has 0 aromatic carbocycles. The van der Waals surface area contributed by atoms with E-state index >= 15 is 0 Å². The zero-order valence-corrected chi connectivity index (χ0v) is 11.5. The maximum Gasteiger partial charge on any atom is 0.211 e. The lowest BCUT2D eigenvalue weighted by Gasteiger charge is -2.21. The number of hydrogen-bond donors (Lipinski definition) is 1. The lowest BCUT2D eigenvalue weighted by atomic mass is 9.91. The SMILES string of the molecule is CC(CCl)CNS(=O)(=O)CC1CCCCC1. The molecule has 0 radical (unpaired) electrons. The number of rotatable bonds is 6. The summed E-state index contributed by atoms with van der Waals surface area (Å²) in [6.45, 7) is 2.40. The monoisotopic (exact) mass is 267 g/mol. The van der Waals surface area contributed by atoms with Crippen molar-refractivity contribution in [3.63, 3.8) is 0 Å². The number of sulfonamides is 1. The minimum Gasteiger partial charge on any atom is -0.215 e. The summed E-state index contributed by atoms with van der Waals surface area (Å²) in [4.78, 5) is 0. The van der Waals surface area contributed by atoms with Gasteiger partial charge in [0.15, 0.2) is 0 Å². The fourth-order valence-electron chi connectivity index (χ4n) is 2.05. The highest BCUT2D eigenvalue weighted by atomic mass is 35.5. The van der Waals surface area contributed by atoms with Crippen LogP contribution in [0.3, 0.4) is 0 Å². The molecule has 0 aromatic heterocycles. The first kappa shape index (κ1) is 14.3. The van der Waals surface area contributed by atoms with Gasteiger partial charge in [-0.1, -0.05) is 26.2 Å². The van der Waals surface area contributed by atoms with Gasteiger partial charge >= 0.3 is 0 Å². The molecule has 1 N–H and O–H groups in total. The van der Waals surface area contributed by atoms with Crippen LogP contribution in [0.1, 0.15) is 39.0 Å². The molecule has 0 saturated heterocycles. The summed E-state index contributed by atoms with van der Waals surface area (Å²) in [5, 5.41) is 0. The van der Waals surface area contributed by atoms with Gasteiger partial charge in [-0.05, 0) is 24.7 Å². The van der Waals surface area contributed by atoms with Gasteiger partial charge in [0.05, 0.1) is 5.75 Å². The molecule has 0 heterocycles. The second kappa shape index (κ2) is 6.82. The van der Waals surface area contributed by atoms with E-state index in [2.05, 4.69) is 4.72 Å². The lowest BCUT2D eigenvalue weighted by Crippen LogP contribution is -2.33. The van der Waals surface area contributed by atoms with Crippen LogP contribution in [-0.4, -0.2) is 26.6 Å². The van der Waals surface area contributed by atoms with E-state index in [1.54, 1.807) is 0 Å². The van der Waals surface area contributed by atoms with Crippen LogP contribution in [0.2, 0.25) is 0 Å². The van der Waals surface area contributed by atoms with E-state index in [4.69, 9.17) is 11.6 Å². The zero-order chi connectivity index (χ0) is 12.0. The van der Waals surface area contributed by atoms with Crippen LogP contribution < -0.4 is 4.72 Å². The van der Waals surface area contributed by atoms with Crippen LogP contribution in [0.15, 0.2) is 0 Å². The van der Waals surface area contributed by atoms with Crippen molar-refractivity contribution in [3.05, 3.63) is 0 Å². The Morgan fingerprint density at radius 3 is 2.50 bits per heavy atom. The molecule has 5 heteroatoms. The van der Waals surface area contributed by atoms with E-state index in [1.807, 2.05) is 6.92 Å². The van der Waals surface area contributed by atoms with Crippen molar-refractivity contribution < 1.29 is 8.42 Å². The zero-order valence-electron chi connectivity index (χ0n) is 9.91. The molecule has 1 rings (SSSR count). The van der Waals surface area contributed by atoms with Crippen molar-refractivity contribution in [1.29, 1.82) is 0 Å². The smallest absolute Gasteiger partial charge is 0.211 e. The molecule has 1 saturated carbocycles. The van der Waals surface area contributed by atoms with E-state index < -0.39 is 10.0 Å². The van der Waals surface area contributed by atoms with Crippen molar-refractivity contribution in [1.82, 2.24) is 4.72 Å². The Balaban J connectivity index is 2.32. The van der Waals surface area contributed by atoms with Crippen LogP contribution in [-0.2, 0) is 10.0 Å². The minimum atomic E-state index is -3.10. The first-order valence-electron chi connectivity index (χ1n) is 6.07. The predicted molar refractivity (Wildman–Crippen MR) is 68.2 cm³/mol. The van der Waals surface area contributed by atoms with Crippen molar-refractivity contribution in [2.24, 2.45) is 11.8 Å². The average molecular weight is 268 g/mol. The topological polar surface area (TPSA) is 46.2 Å². The van der Waals surface area contributed by atoms with Gasteiger partial charge in [-0.3, -0.25) is 0 Å². The summed E-state index contributed by atoms with van der Waals surface area (Å²) in [5.41, 5.74) is 0. The minimum absolute atomic E-state index is 0.197.